The van der Waals surface area contributed by atoms with E-state index in [-0.39, 0.29) is 24.6 Å². The fourth-order valence-corrected chi connectivity index (χ4v) is 3.69. The second-order valence-corrected chi connectivity index (χ2v) is 7.46. The van der Waals surface area contributed by atoms with E-state index >= 15 is 0 Å². The number of aromatic nitrogens is 2. The Bertz CT molecular complexity index is 948. The molecule has 3 aliphatic rings. The molecular weight excluding hydrogens is 360 g/mol. The maximum Gasteiger partial charge on any atom is 0.287 e. The Kier molecular flexibility index (Phi) is 4.18. The number of nitrogens with one attached hydrogen (secondary N) is 2. The van der Waals surface area contributed by atoms with Gasteiger partial charge in [0.25, 0.3) is 11.8 Å². The molecule has 28 heavy (non-hydrogen) atoms. The van der Waals surface area contributed by atoms with Gasteiger partial charge in [0, 0.05) is 19.1 Å². The molecule has 0 bridgehead atoms. The lowest BCUT2D eigenvalue weighted by Gasteiger charge is -2.17. The van der Waals surface area contributed by atoms with Gasteiger partial charge in [-0.15, -0.1) is 0 Å². The topological polar surface area (TPSA) is 94.5 Å². The second-order valence-electron chi connectivity index (χ2n) is 7.46. The number of benzene rings is 1. The Morgan fingerprint density at radius 2 is 2.00 bits per heavy atom. The summed E-state index contributed by atoms with van der Waals surface area (Å²) in [6.07, 6.45) is 4.78. The van der Waals surface area contributed by atoms with E-state index in [0.717, 1.165) is 49.9 Å². The number of carbonyl (C=O) groups is 2. The van der Waals surface area contributed by atoms with Crippen molar-refractivity contribution in [2.75, 3.05) is 6.79 Å². The molecular formula is C20H22N4O4. The minimum absolute atomic E-state index is 0.180. The quantitative estimate of drug-likeness (QED) is 0.822. The molecule has 0 atom stereocenters. The molecule has 0 radical (unpaired) electrons. The van der Waals surface area contributed by atoms with Crippen LogP contribution < -0.4 is 20.1 Å². The molecule has 2 aromatic rings. The maximum atomic E-state index is 12.8. The SMILES string of the molecule is O=C(NCc1ccc2c(c1)OCO2)c1nc(C(=O)NC2CC2)n2c1CCCC2. The largest absolute Gasteiger partial charge is 0.454 e. The van der Waals surface area contributed by atoms with Gasteiger partial charge in [-0.1, -0.05) is 6.07 Å². The van der Waals surface area contributed by atoms with Crippen molar-refractivity contribution in [3.63, 3.8) is 0 Å². The third-order valence-electron chi connectivity index (χ3n) is 5.34. The smallest absolute Gasteiger partial charge is 0.287 e. The Morgan fingerprint density at radius 1 is 1.14 bits per heavy atom. The highest BCUT2D eigenvalue weighted by molar-refractivity contribution is 5.97. The van der Waals surface area contributed by atoms with E-state index in [2.05, 4.69) is 15.6 Å². The summed E-state index contributed by atoms with van der Waals surface area (Å²) in [6, 6.07) is 5.85. The lowest BCUT2D eigenvalue weighted by atomic mass is 10.1. The van der Waals surface area contributed by atoms with Gasteiger partial charge in [0.15, 0.2) is 17.3 Å². The van der Waals surface area contributed by atoms with E-state index in [1.54, 1.807) is 0 Å². The molecule has 2 aliphatic heterocycles. The predicted molar refractivity (Wildman–Crippen MR) is 99.4 cm³/mol. The molecule has 1 saturated carbocycles. The number of hydrogen-bond donors (Lipinski definition) is 2. The summed E-state index contributed by atoms with van der Waals surface area (Å²) < 4.78 is 12.6. The molecule has 3 heterocycles. The van der Waals surface area contributed by atoms with Gasteiger partial charge in [-0.25, -0.2) is 4.98 Å². The van der Waals surface area contributed by atoms with Crippen LogP contribution in [0.1, 0.15) is 58.0 Å². The zero-order chi connectivity index (χ0) is 19.1. The van der Waals surface area contributed by atoms with E-state index in [4.69, 9.17) is 9.47 Å². The number of imidazole rings is 1. The highest BCUT2D eigenvalue weighted by atomic mass is 16.7. The standard InChI is InChI=1S/C20H22N4O4/c25-19(21-10-12-4-7-15-16(9-12)28-11-27-15)17-14-3-1-2-8-24(14)18(23-17)20(26)22-13-5-6-13/h4,7,9,13H,1-3,5-6,8,10-11H2,(H,21,25)(H,22,26). The Hall–Kier alpha value is -3.03. The predicted octanol–water partition coefficient (Wildman–Crippen LogP) is 1.77. The third kappa shape index (κ3) is 3.19. The van der Waals surface area contributed by atoms with E-state index in [0.29, 0.717) is 29.6 Å². The number of amides is 2. The molecule has 8 heteroatoms. The number of fused-ring (bicyclic) bond motifs is 2. The highest BCUT2D eigenvalue weighted by Gasteiger charge is 2.30. The van der Waals surface area contributed by atoms with Gasteiger partial charge in [-0.05, 0) is 49.8 Å². The second kappa shape index (κ2) is 6.85. The van der Waals surface area contributed by atoms with E-state index < -0.39 is 0 Å². The summed E-state index contributed by atoms with van der Waals surface area (Å²) in [5, 5.41) is 5.89. The Morgan fingerprint density at radius 3 is 2.86 bits per heavy atom. The van der Waals surface area contributed by atoms with Crippen molar-refractivity contribution in [1.82, 2.24) is 20.2 Å². The first-order chi connectivity index (χ1) is 13.7. The minimum Gasteiger partial charge on any atom is -0.454 e. The van der Waals surface area contributed by atoms with Crippen LogP contribution in [0.4, 0.5) is 0 Å². The molecule has 2 amide bonds. The molecule has 5 rings (SSSR count). The van der Waals surface area contributed by atoms with Crippen molar-refractivity contribution in [2.24, 2.45) is 0 Å². The monoisotopic (exact) mass is 382 g/mol. The molecule has 146 valence electrons. The summed E-state index contributed by atoms with van der Waals surface area (Å²) in [5.74, 6) is 1.32. The van der Waals surface area contributed by atoms with Crippen LogP contribution in [0.5, 0.6) is 11.5 Å². The van der Waals surface area contributed by atoms with Crippen molar-refractivity contribution in [3.8, 4) is 11.5 Å². The summed E-state index contributed by atoms with van der Waals surface area (Å²) in [6.45, 7) is 1.30. The number of nitrogens with zero attached hydrogens (tertiary/aromatic N) is 2. The van der Waals surface area contributed by atoms with Gasteiger partial charge in [-0.3, -0.25) is 9.59 Å². The van der Waals surface area contributed by atoms with E-state index in [1.165, 1.54) is 0 Å². The van der Waals surface area contributed by atoms with Gasteiger partial charge in [0.1, 0.15) is 5.69 Å². The molecule has 0 spiro atoms. The fraction of sp³-hybridized carbons (Fsp3) is 0.450. The van der Waals surface area contributed by atoms with Crippen LogP contribution >= 0.6 is 0 Å². The molecule has 1 fully saturated rings. The van der Waals surface area contributed by atoms with E-state index in [1.807, 2.05) is 22.8 Å². The van der Waals surface area contributed by atoms with Crippen LogP contribution in [-0.2, 0) is 19.5 Å². The summed E-state index contributed by atoms with van der Waals surface area (Å²) in [7, 11) is 0. The zero-order valence-electron chi connectivity index (χ0n) is 15.5. The number of rotatable bonds is 5. The van der Waals surface area contributed by atoms with Gasteiger partial charge >= 0.3 is 0 Å². The van der Waals surface area contributed by atoms with Gasteiger partial charge < -0.3 is 24.7 Å². The summed E-state index contributed by atoms with van der Waals surface area (Å²) in [5.41, 5.74) is 2.13. The lowest BCUT2D eigenvalue weighted by Crippen LogP contribution is -2.29. The summed E-state index contributed by atoms with van der Waals surface area (Å²) in [4.78, 5) is 29.8. The van der Waals surface area contributed by atoms with Crippen molar-refractivity contribution in [2.45, 2.75) is 51.2 Å². The Balaban J connectivity index is 1.34. The molecule has 1 aromatic heterocycles. The normalized spacial score (nSPS) is 17.1. The van der Waals surface area contributed by atoms with Gasteiger partial charge in [-0.2, -0.15) is 0 Å². The van der Waals surface area contributed by atoms with Crippen LogP contribution in [0, 0.1) is 0 Å². The zero-order valence-corrected chi connectivity index (χ0v) is 15.5. The average Bonchev–Trinajstić information content (AvgIpc) is 3.26. The van der Waals surface area contributed by atoms with E-state index in [9.17, 15) is 9.59 Å². The molecule has 2 N–H and O–H groups in total. The maximum absolute atomic E-state index is 12.8. The highest BCUT2D eigenvalue weighted by Crippen LogP contribution is 2.32. The molecule has 0 unspecified atom stereocenters. The molecule has 1 aromatic carbocycles. The minimum atomic E-state index is -0.256. The van der Waals surface area contributed by atoms with Crippen molar-refractivity contribution < 1.29 is 19.1 Å². The van der Waals surface area contributed by atoms with Crippen molar-refractivity contribution in [3.05, 3.63) is 41.0 Å². The fourth-order valence-electron chi connectivity index (χ4n) is 3.69. The third-order valence-corrected chi connectivity index (χ3v) is 5.34. The van der Waals surface area contributed by atoms with Gasteiger partial charge in [0.2, 0.25) is 6.79 Å². The van der Waals surface area contributed by atoms with Crippen LogP contribution in [0.2, 0.25) is 0 Å². The van der Waals surface area contributed by atoms with Crippen LogP contribution in [0.3, 0.4) is 0 Å². The average molecular weight is 382 g/mol. The summed E-state index contributed by atoms with van der Waals surface area (Å²) >= 11 is 0. The number of ether oxygens (including phenoxy) is 2. The van der Waals surface area contributed by atoms with Crippen LogP contribution in [-0.4, -0.2) is 34.2 Å². The lowest BCUT2D eigenvalue weighted by molar-refractivity contribution is 0.0935. The number of hydrogen-bond acceptors (Lipinski definition) is 5. The van der Waals surface area contributed by atoms with Crippen molar-refractivity contribution >= 4 is 11.8 Å². The first-order valence-corrected chi connectivity index (χ1v) is 9.76. The van der Waals surface area contributed by atoms with Gasteiger partial charge in [0.05, 0.1) is 5.69 Å². The first-order valence-electron chi connectivity index (χ1n) is 9.76. The molecule has 8 nitrogen and oxygen atoms in total. The van der Waals surface area contributed by atoms with Crippen molar-refractivity contribution in [1.29, 1.82) is 0 Å². The van der Waals surface area contributed by atoms with Crippen LogP contribution in [0.25, 0.3) is 0 Å². The van der Waals surface area contributed by atoms with Crippen LogP contribution in [0.15, 0.2) is 18.2 Å². The number of carbonyl (C=O) groups excluding carboxylic acids is 2. The Labute approximate surface area is 162 Å². The molecule has 1 aliphatic carbocycles. The first kappa shape index (κ1) is 17.1. The molecule has 0 saturated heterocycles.